The third-order valence-corrected chi connectivity index (χ3v) is 4.30. The van der Waals surface area contributed by atoms with Crippen molar-refractivity contribution in [1.82, 2.24) is 5.32 Å². The molecule has 0 radical (unpaired) electrons. The van der Waals surface area contributed by atoms with Crippen LogP contribution in [0.3, 0.4) is 0 Å². The van der Waals surface area contributed by atoms with Gasteiger partial charge in [0.05, 0.1) is 19.1 Å². The summed E-state index contributed by atoms with van der Waals surface area (Å²) in [5.74, 6) is 2.27. The van der Waals surface area contributed by atoms with Gasteiger partial charge in [-0.05, 0) is 43.2 Å². The molecule has 0 amide bonds. The molecule has 4 heteroatoms. The molecule has 1 fully saturated rings. The largest absolute Gasteiger partial charge is 0.493 e. The highest BCUT2D eigenvalue weighted by Gasteiger charge is 2.22. The van der Waals surface area contributed by atoms with Crippen molar-refractivity contribution >= 4 is 11.8 Å². The summed E-state index contributed by atoms with van der Waals surface area (Å²) in [6.45, 7) is 2.20. The Kier molecular flexibility index (Phi) is 4.78. The van der Waals surface area contributed by atoms with E-state index in [1.807, 2.05) is 6.07 Å². The Morgan fingerprint density at radius 1 is 1.28 bits per heavy atom. The van der Waals surface area contributed by atoms with E-state index in [1.54, 1.807) is 26.0 Å². The van der Waals surface area contributed by atoms with Gasteiger partial charge in [0.25, 0.3) is 0 Å². The molecule has 3 nitrogen and oxygen atoms in total. The minimum atomic E-state index is 0.584. The standard InChI is InChI=1S/C14H21NO2S/c1-16-12-7-6-11(10-5-4-8-15-9-10)14(18-3)13(12)17-2/h6-7,10,15H,4-5,8-9H2,1-3H3. The molecule has 0 spiro atoms. The molecule has 1 aromatic rings. The highest BCUT2D eigenvalue weighted by Crippen LogP contribution is 2.42. The van der Waals surface area contributed by atoms with Crippen molar-refractivity contribution in [1.29, 1.82) is 0 Å². The molecule has 0 aliphatic carbocycles. The van der Waals surface area contributed by atoms with Crippen LogP contribution in [0.2, 0.25) is 0 Å². The summed E-state index contributed by atoms with van der Waals surface area (Å²) in [7, 11) is 3.39. The highest BCUT2D eigenvalue weighted by atomic mass is 32.2. The zero-order valence-corrected chi connectivity index (χ0v) is 12.1. The zero-order chi connectivity index (χ0) is 13.0. The van der Waals surface area contributed by atoms with Crippen LogP contribution < -0.4 is 14.8 Å². The normalized spacial score (nSPS) is 19.6. The molecule has 1 aliphatic rings. The van der Waals surface area contributed by atoms with Gasteiger partial charge in [0.1, 0.15) is 0 Å². The summed E-state index contributed by atoms with van der Waals surface area (Å²) >= 11 is 1.74. The van der Waals surface area contributed by atoms with Crippen molar-refractivity contribution in [3.63, 3.8) is 0 Å². The minimum absolute atomic E-state index is 0.584. The Balaban J connectivity index is 2.40. The maximum atomic E-state index is 5.52. The molecule has 1 N–H and O–H groups in total. The van der Waals surface area contributed by atoms with Crippen LogP contribution in [-0.4, -0.2) is 33.6 Å². The lowest BCUT2D eigenvalue weighted by Gasteiger charge is -2.26. The van der Waals surface area contributed by atoms with Crippen molar-refractivity contribution in [2.45, 2.75) is 23.7 Å². The predicted molar refractivity (Wildman–Crippen MR) is 76.2 cm³/mol. The maximum Gasteiger partial charge on any atom is 0.174 e. The monoisotopic (exact) mass is 267 g/mol. The summed E-state index contributed by atoms with van der Waals surface area (Å²) in [5.41, 5.74) is 1.38. The number of thioether (sulfide) groups is 1. The summed E-state index contributed by atoms with van der Waals surface area (Å²) in [6, 6.07) is 4.20. The van der Waals surface area contributed by atoms with Crippen molar-refractivity contribution < 1.29 is 9.47 Å². The van der Waals surface area contributed by atoms with Crippen molar-refractivity contribution in [2.75, 3.05) is 33.6 Å². The van der Waals surface area contributed by atoms with Crippen LogP contribution >= 0.6 is 11.8 Å². The third kappa shape index (κ3) is 2.59. The van der Waals surface area contributed by atoms with Crippen LogP contribution in [0.1, 0.15) is 24.3 Å². The topological polar surface area (TPSA) is 30.5 Å². The summed E-state index contributed by atoms with van der Waals surface area (Å²) in [6.07, 6.45) is 4.58. The lowest BCUT2D eigenvalue weighted by molar-refractivity contribution is 0.345. The molecular weight excluding hydrogens is 246 g/mol. The van der Waals surface area contributed by atoms with E-state index in [0.29, 0.717) is 5.92 Å². The number of hydrogen-bond donors (Lipinski definition) is 1. The summed E-state index contributed by atoms with van der Waals surface area (Å²) < 4.78 is 10.9. The molecule has 1 aromatic carbocycles. The summed E-state index contributed by atoms with van der Waals surface area (Å²) in [5, 5.41) is 3.47. The van der Waals surface area contributed by atoms with Gasteiger partial charge in [0.15, 0.2) is 11.5 Å². The molecule has 2 rings (SSSR count). The quantitative estimate of drug-likeness (QED) is 0.850. The van der Waals surface area contributed by atoms with Crippen LogP contribution in [0.4, 0.5) is 0 Å². The van der Waals surface area contributed by atoms with E-state index in [1.165, 1.54) is 23.3 Å². The fourth-order valence-corrected chi connectivity index (χ4v) is 3.40. The third-order valence-electron chi connectivity index (χ3n) is 3.47. The average Bonchev–Trinajstić information content (AvgIpc) is 2.46. The summed E-state index contributed by atoms with van der Waals surface area (Å²) in [4.78, 5) is 1.21. The molecule has 18 heavy (non-hydrogen) atoms. The first-order valence-electron chi connectivity index (χ1n) is 6.31. The second-order valence-corrected chi connectivity index (χ2v) is 5.28. The number of methoxy groups -OCH3 is 2. The number of benzene rings is 1. The number of hydrogen-bond acceptors (Lipinski definition) is 4. The average molecular weight is 267 g/mol. The van der Waals surface area contributed by atoms with Gasteiger partial charge in [0.2, 0.25) is 0 Å². The first-order chi connectivity index (χ1) is 8.81. The van der Waals surface area contributed by atoms with Crippen LogP contribution in [-0.2, 0) is 0 Å². The first kappa shape index (κ1) is 13.6. The number of ether oxygens (including phenoxy) is 2. The lowest BCUT2D eigenvalue weighted by Crippen LogP contribution is -2.28. The van der Waals surface area contributed by atoms with Crippen LogP contribution in [0.5, 0.6) is 11.5 Å². The lowest BCUT2D eigenvalue weighted by atomic mass is 9.91. The van der Waals surface area contributed by atoms with E-state index in [2.05, 4.69) is 17.6 Å². The van der Waals surface area contributed by atoms with Gasteiger partial charge in [-0.25, -0.2) is 0 Å². The Labute approximate surface area is 113 Å². The Bertz CT molecular complexity index is 403. The van der Waals surface area contributed by atoms with E-state index in [-0.39, 0.29) is 0 Å². The Morgan fingerprint density at radius 2 is 2.11 bits per heavy atom. The van der Waals surface area contributed by atoms with Crippen LogP contribution in [0.25, 0.3) is 0 Å². The van der Waals surface area contributed by atoms with Gasteiger partial charge in [-0.2, -0.15) is 0 Å². The number of nitrogens with one attached hydrogen (secondary N) is 1. The highest BCUT2D eigenvalue weighted by molar-refractivity contribution is 7.98. The van der Waals surface area contributed by atoms with E-state index in [4.69, 9.17) is 9.47 Å². The molecule has 1 atom stereocenters. The van der Waals surface area contributed by atoms with E-state index >= 15 is 0 Å². The maximum absolute atomic E-state index is 5.52. The van der Waals surface area contributed by atoms with Gasteiger partial charge in [-0.1, -0.05) is 6.07 Å². The smallest absolute Gasteiger partial charge is 0.174 e. The fraction of sp³-hybridized carbons (Fsp3) is 0.571. The van der Waals surface area contributed by atoms with Gasteiger partial charge in [0, 0.05) is 6.54 Å². The molecule has 1 saturated heterocycles. The van der Waals surface area contributed by atoms with Crippen LogP contribution in [0, 0.1) is 0 Å². The number of piperidine rings is 1. The van der Waals surface area contributed by atoms with Gasteiger partial charge < -0.3 is 14.8 Å². The van der Waals surface area contributed by atoms with Gasteiger partial charge >= 0.3 is 0 Å². The molecule has 0 saturated carbocycles. The second-order valence-electron chi connectivity index (χ2n) is 4.47. The van der Waals surface area contributed by atoms with Gasteiger partial charge in [-0.3, -0.25) is 0 Å². The molecule has 1 heterocycles. The fourth-order valence-electron chi connectivity index (χ4n) is 2.56. The van der Waals surface area contributed by atoms with E-state index < -0.39 is 0 Å². The molecule has 1 aliphatic heterocycles. The molecule has 0 bridgehead atoms. The Hall–Kier alpha value is -0.870. The minimum Gasteiger partial charge on any atom is -0.493 e. The van der Waals surface area contributed by atoms with E-state index in [9.17, 15) is 0 Å². The SMILES string of the molecule is COc1ccc(C2CCCNC2)c(SC)c1OC. The first-order valence-corrected chi connectivity index (χ1v) is 7.53. The second kappa shape index (κ2) is 6.34. The molecule has 0 aromatic heterocycles. The van der Waals surface area contributed by atoms with Crippen molar-refractivity contribution in [3.05, 3.63) is 17.7 Å². The Morgan fingerprint density at radius 3 is 2.67 bits per heavy atom. The molecule has 100 valence electrons. The van der Waals surface area contributed by atoms with Crippen molar-refractivity contribution in [2.24, 2.45) is 0 Å². The zero-order valence-electron chi connectivity index (χ0n) is 11.3. The number of rotatable bonds is 4. The predicted octanol–water partition coefficient (Wildman–Crippen LogP) is 2.89. The van der Waals surface area contributed by atoms with Crippen molar-refractivity contribution in [3.8, 4) is 11.5 Å². The van der Waals surface area contributed by atoms with Crippen LogP contribution in [0.15, 0.2) is 17.0 Å². The van der Waals surface area contributed by atoms with Gasteiger partial charge in [-0.15, -0.1) is 11.8 Å². The molecule has 1 unspecified atom stereocenters. The molecular formula is C14H21NO2S. The van der Waals surface area contributed by atoms with E-state index in [0.717, 1.165) is 24.6 Å².